The van der Waals surface area contributed by atoms with Crippen LogP contribution in [0.4, 0.5) is 17.3 Å². The standard InChI is InChI=1S/C18H17N5O4/c1-3-26-18(25)12-6-4-5-7-13(12)21-17(24)14-9-20-16(10-19-14)22-15-8-11(2)27-23-15/h4-10H,3H2,1-2H3,(H,21,24)(H,20,22,23). The Morgan fingerprint density at radius 1 is 1.15 bits per heavy atom. The average Bonchev–Trinajstić information content (AvgIpc) is 3.07. The Hall–Kier alpha value is -3.75. The quantitative estimate of drug-likeness (QED) is 0.638. The molecule has 0 saturated heterocycles. The van der Waals surface area contributed by atoms with E-state index in [-0.39, 0.29) is 17.9 Å². The van der Waals surface area contributed by atoms with Gasteiger partial charge in [0.15, 0.2) is 5.82 Å². The monoisotopic (exact) mass is 367 g/mol. The van der Waals surface area contributed by atoms with E-state index < -0.39 is 11.9 Å². The molecule has 138 valence electrons. The van der Waals surface area contributed by atoms with Crippen molar-refractivity contribution in [1.29, 1.82) is 0 Å². The molecule has 1 aromatic carbocycles. The van der Waals surface area contributed by atoms with Gasteiger partial charge in [0.05, 0.1) is 30.3 Å². The Labute approximate surface area is 154 Å². The molecule has 1 amide bonds. The number of aryl methyl sites for hydroxylation is 1. The largest absolute Gasteiger partial charge is 0.462 e. The zero-order chi connectivity index (χ0) is 19.2. The number of amides is 1. The Balaban J connectivity index is 1.71. The third-order valence-electron chi connectivity index (χ3n) is 3.44. The summed E-state index contributed by atoms with van der Waals surface area (Å²) in [6, 6.07) is 8.28. The summed E-state index contributed by atoms with van der Waals surface area (Å²) < 4.78 is 9.94. The molecule has 0 saturated carbocycles. The summed E-state index contributed by atoms with van der Waals surface area (Å²) >= 11 is 0. The molecule has 2 heterocycles. The van der Waals surface area contributed by atoms with Gasteiger partial charge in [-0.15, -0.1) is 0 Å². The van der Waals surface area contributed by atoms with E-state index in [0.29, 0.717) is 23.1 Å². The number of rotatable bonds is 6. The number of anilines is 3. The number of para-hydroxylation sites is 1. The van der Waals surface area contributed by atoms with E-state index >= 15 is 0 Å². The molecule has 0 aliphatic rings. The first kappa shape index (κ1) is 18.1. The Bertz CT molecular complexity index is 952. The molecule has 0 fully saturated rings. The molecule has 0 spiro atoms. The predicted octanol–water partition coefficient (Wildman–Crippen LogP) is 2.95. The van der Waals surface area contributed by atoms with Gasteiger partial charge in [-0.1, -0.05) is 17.3 Å². The normalized spacial score (nSPS) is 10.3. The van der Waals surface area contributed by atoms with Crippen LogP contribution >= 0.6 is 0 Å². The molecule has 3 aromatic rings. The van der Waals surface area contributed by atoms with Gasteiger partial charge in [-0.05, 0) is 26.0 Å². The van der Waals surface area contributed by atoms with Crippen LogP contribution in [0.15, 0.2) is 47.2 Å². The minimum atomic E-state index is -0.512. The van der Waals surface area contributed by atoms with Gasteiger partial charge in [-0.25, -0.2) is 14.8 Å². The summed E-state index contributed by atoms with van der Waals surface area (Å²) in [5, 5.41) is 9.34. The average molecular weight is 367 g/mol. The highest BCUT2D eigenvalue weighted by Gasteiger charge is 2.16. The predicted molar refractivity (Wildman–Crippen MR) is 96.9 cm³/mol. The fourth-order valence-electron chi connectivity index (χ4n) is 2.23. The van der Waals surface area contributed by atoms with E-state index in [2.05, 4.69) is 25.8 Å². The molecular weight excluding hydrogens is 350 g/mol. The molecule has 2 aromatic heterocycles. The van der Waals surface area contributed by atoms with E-state index in [1.54, 1.807) is 44.2 Å². The third kappa shape index (κ3) is 4.46. The second-order valence-corrected chi connectivity index (χ2v) is 5.45. The van der Waals surface area contributed by atoms with E-state index in [9.17, 15) is 9.59 Å². The van der Waals surface area contributed by atoms with Gasteiger partial charge in [0.2, 0.25) is 0 Å². The number of carbonyl (C=O) groups is 2. The van der Waals surface area contributed by atoms with Crippen molar-refractivity contribution in [3.8, 4) is 0 Å². The molecule has 0 radical (unpaired) electrons. The zero-order valence-electron chi connectivity index (χ0n) is 14.7. The van der Waals surface area contributed by atoms with Crippen molar-refractivity contribution in [1.82, 2.24) is 15.1 Å². The fourth-order valence-corrected chi connectivity index (χ4v) is 2.23. The van der Waals surface area contributed by atoms with Gasteiger partial charge >= 0.3 is 5.97 Å². The Morgan fingerprint density at radius 2 is 1.96 bits per heavy atom. The van der Waals surface area contributed by atoms with E-state index in [1.807, 2.05) is 0 Å². The highest BCUT2D eigenvalue weighted by atomic mass is 16.5. The van der Waals surface area contributed by atoms with Crippen LogP contribution in [0.3, 0.4) is 0 Å². The highest BCUT2D eigenvalue weighted by molar-refractivity contribution is 6.07. The van der Waals surface area contributed by atoms with Gasteiger partial charge < -0.3 is 19.9 Å². The lowest BCUT2D eigenvalue weighted by Gasteiger charge is -2.10. The summed E-state index contributed by atoms with van der Waals surface area (Å²) in [6.07, 6.45) is 2.72. The fraction of sp³-hybridized carbons (Fsp3) is 0.167. The number of aromatic nitrogens is 3. The minimum Gasteiger partial charge on any atom is -0.462 e. The number of esters is 1. The van der Waals surface area contributed by atoms with Crippen LogP contribution in [0, 0.1) is 6.92 Å². The lowest BCUT2D eigenvalue weighted by Crippen LogP contribution is -2.17. The van der Waals surface area contributed by atoms with Crippen molar-refractivity contribution in [2.45, 2.75) is 13.8 Å². The van der Waals surface area contributed by atoms with E-state index in [0.717, 1.165) is 0 Å². The van der Waals surface area contributed by atoms with Crippen molar-refractivity contribution in [2.24, 2.45) is 0 Å². The van der Waals surface area contributed by atoms with Gasteiger partial charge in [0.25, 0.3) is 5.91 Å². The highest BCUT2D eigenvalue weighted by Crippen LogP contribution is 2.18. The smallest absolute Gasteiger partial charge is 0.340 e. The van der Waals surface area contributed by atoms with Crippen LogP contribution in [0.5, 0.6) is 0 Å². The van der Waals surface area contributed by atoms with Gasteiger partial charge in [0.1, 0.15) is 17.3 Å². The van der Waals surface area contributed by atoms with Crippen LogP contribution in [0.25, 0.3) is 0 Å². The number of benzene rings is 1. The molecule has 0 bridgehead atoms. The van der Waals surface area contributed by atoms with Crippen LogP contribution < -0.4 is 10.6 Å². The lowest BCUT2D eigenvalue weighted by atomic mass is 10.1. The lowest BCUT2D eigenvalue weighted by molar-refractivity contribution is 0.0527. The molecular formula is C18H17N5O4. The summed E-state index contributed by atoms with van der Waals surface area (Å²) in [6.45, 7) is 3.72. The van der Waals surface area contributed by atoms with Gasteiger partial charge in [-0.3, -0.25) is 4.79 Å². The molecule has 2 N–H and O–H groups in total. The van der Waals surface area contributed by atoms with Crippen molar-refractivity contribution in [2.75, 3.05) is 17.2 Å². The van der Waals surface area contributed by atoms with Crippen LogP contribution in [-0.4, -0.2) is 33.6 Å². The van der Waals surface area contributed by atoms with Gasteiger partial charge in [-0.2, -0.15) is 0 Å². The second kappa shape index (κ2) is 8.09. The first-order valence-corrected chi connectivity index (χ1v) is 8.16. The maximum atomic E-state index is 12.4. The van der Waals surface area contributed by atoms with Crippen LogP contribution in [-0.2, 0) is 4.74 Å². The number of ether oxygens (including phenoxy) is 1. The van der Waals surface area contributed by atoms with E-state index in [4.69, 9.17) is 9.26 Å². The third-order valence-corrected chi connectivity index (χ3v) is 3.44. The number of hydrogen-bond donors (Lipinski definition) is 2. The van der Waals surface area contributed by atoms with Crippen molar-refractivity contribution < 1.29 is 18.8 Å². The van der Waals surface area contributed by atoms with Crippen molar-refractivity contribution in [3.05, 3.63) is 59.7 Å². The zero-order valence-corrected chi connectivity index (χ0v) is 14.7. The first-order valence-electron chi connectivity index (χ1n) is 8.16. The van der Waals surface area contributed by atoms with Crippen molar-refractivity contribution in [3.63, 3.8) is 0 Å². The summed E-state index contributed by atoms with van der Waals surface area (Å²) in [5.41, 5.74) is 0.693. The molecule has 9 nitrogen and oxygen atoms in total. The van der Waals surface area contributed by atoms with Crippen molar-refractivity contribution >= 4 is 29.2 Å². The number of nitrogens with zero attached hydrogens (tertiary/aromatic N) is 3. The maximum Gasteiger partial charge on any atom is 0.340 e. The Morgan fingerprint density at radius 3 is 2.63 bits per heavy atom. The molecule has 0 aliphatic heterocycles. The maximum absolute atomic E-state index is 12.4. The van der Waals surface area contributed by atoms with E-state index in [1.165, 1.54) is 12.4 Å². The molecule has 27 heavy (non-hydrogen) atoms. The summed E-state index contributed by atoms with van der Waals surface area (Å²) in [4.78, 5) is 32.6. The topological polar surface area (TPSA) is 119 Å². The SMILES string of the molecule is CCOC(=O)c1ccccc1NC(=O)c1cnc(Nc2cc(C)on2)cn1. The molecule has 3 rings (SSSR count). The second-order valence-electron chi connectivity index (χ2n) is 5.45. The number of nitrogens with one attached hydrogen (secondary N) is 2. The number of hydrogen-bond acceptors (Lipinski definition) is 8. The molecule has 0 atom stereocenters. The Kier molecular flexibility index (Phi) is 5.41. The summed E-state index contributed by atoms with van der Waals surface area (Å²) in [5.74, 6) is 0.542. The molecule has 9 heteroatoms. The van der Waals surface area contributed by atoms with Gasteiger partial charge in [0, 0.05) is 6.07 Å². The van der Waals surface area contributed by atoms with Crippen LogP contribution in [0.2, 0.25) is 0 Å². The minimum absolute atomic E-state index is 0.0931. The summed E-state index contributed by atoms with van der Waals surface area (Å²) in [7, 11) is 0. The van der Waals surface area contributed by atoms with Crippen LogP contribution in [0.1, 0.15) is 33.5 Å². The number of carbonyl (C=O) groups excluding carboxylic acids is 2. The first-order chi connectivity index (χ1) is 13.1. The molecule has 0 aliphatic carbocycles. The molecule has 0 unspecified atom stereocenters.